The molecule has 0 unspecified atom stereocenters. The van der Waals surface area contributed by atoms with Gasteiger partial charge in [-0.2, -0.15) is 13.2 Å². The predicted octanol–water partition coefficient (Wildman–Crippen LogP) is 3.69. The zero-order valence-electron chi connectivity index (χ0n) is 10.8. The molecule has 1 aromatic carbocycles. The van der Waals surface area contributed by atoms with E-state index >= 15 is 0 Å². The monoisotopic (exact) mass is 305 g/mol. The van der Waals surface area contributed by atoms with Gasteiger partial charge in [0.2, 0.25) is 0 Å². The first kappa shape index (κ1) is 15.2. The van der Waals surface area contributed by atoms with Crippen LogP contribution in [0.15, 0.2) is 24.3 Å². The number of halogens is 4. The van der Waals surface area contributed by atoms with Gasteiger partial charge in [-0.25, -0.2) is 0 Å². The highest BCUT2D eigenvalue weighted by atomic mass is 35.5. The van der Waals surface area contributed by atoms with E-state index in [-0.39, 0.29) is 19.0 Å². The summed E-state index contributed by atoms with van der Waals surface area (Å²) in [7, 11) is 0. The van der Waals surface area contributed by atoms with Gasteiger partial charge in [0.15, 0.2) is 0 Å². The zero-order chi connectivity index (χ0) is 14.8. The number of hydrogen-bond donors (Lipinski definition) is 0. The van der Waals surface area contributed by atoms with Gasteiger partial charge < -0.3 is 4.90 Å². The normalized spacial score (nSPS) is 17.3. The van der Waals surface area contributed by atoms with Crippen LogP contribution in [0.1, 0.15) is 29.9 Å². The molecule has 0 atom stereocenters. The van der Waals surface area contributed by atoms with E-state index in [4.69, 9.17) is 11.6 Å². The molecule has 1 aliphatic heterocycles. The van der Waals surface area contributed by atoms with Crippen LogP contribution >= 0.6 is 11.6 Å². The van der Waals surface area contributed by atoms with Crippen molar-refractivity contribution in [2.24, 2.45) is 0 Å². The third-order valence-electron chi connectivity index (χ3n) is 3.63. The summed E-state index contributed by atoms with van der Waals surface area (Å²) in [5, 5.41) is 0. The van der Waals surface area contributed by atoms with E-state index in [0.29, 0.717) is 18.7 Å². The van der Waals surface area contributed by atoms with Crippen molar-refractivity contribution in [3.05, 3.63) is 35.4 Å². The summed E-state index contributed by atoms with van der Waals surface area (Å²) in [5.74, 6) is -1.08. The third kappa shape index (κ3) is 3.45. The fraction of sp³-hybridized carbons (Fsp3) is 0.500. The first-order valence-corrected chi connectivity index (χ1v) is 6.96. The highest BCUT2D eigenvalue weighted by Crippen LogP contribution is 2.30. The summed E-state index contributed by atoms with van der Waals surface area (Å²) < 4.78 is 37.0. The lowest BCUT2D eigenvalue weighted by molar-refractivity contribution is -0.186. The van der Waals surface area contributed by atoms with Gasteiger partial charge in [-0.15, -0.1) is 11.6 Å². The summed E-state index contributed by atoms with van der Waals surface area (Å²) in [6.45, 7) is 0.306. The molecule has 1 saturated heterocycles. The highest BCUT2D eigenvalue weighted by molar-refractivity contribution is 6.17. The zero-order valence-corrected chi connectivity index (χ0v) is 11.5. The molecular weight excluding hydrogens is 291 g/mol. The Hall–Kier alpha value is -1.23. The van der Waals surface area contributed by atoms with Crippen molar-refractivity contribution in [3.8, 4) is 0 Å². The Bertz CT molecular complexity index is 464. The number of amides is 1. The quantitative estimate of drug-likeness (QED) is 0.763. The molecule has 0 saturated carbocycles. The topological polar surface area (TPSA) is 20.3 Å². The van der Waals surface area contributed by atoms with Crippen LogP contribution in [-0.4, -0.2) is 30.1 Å². The van der Waals surface area contributed by atoms with Crippen LogP contribution < -0.4 is 0 Å². The smallest absolute Gasteiger partial charge is 0.335 e. The maximum Gasteiger partial charge on any atom is 0.471 e. The molecule has 0 aliphatic carbocycles. The Balaban J connectivity index is 1.95. The minimum atomic E-state index is -4.77. The van der Waals surface area contributed by atoms with E-state index < -0.39 is 12.1 Å². The lowest BCUT2D eigenvalue weighted by Crippen LogP contribution is -2.45. The SMILES string of the molecule is O=C(N1CCC(c2ccc(CCl)cc2)CC1)C(F)(F)F. The second kappa shape index (κ2) is 6.04. The van der Waals surface area contributed by atoms with Crippen LogP contribution in [-0.2, 0) is 10.7 Å². The molecule has 2 nitrogen and oxygen atoms in total. The molecule has 2 rings (SSSR count). The largest absolute Gasteiger partial charge is 0.471 e. The van der Waals surface area contributed by atoms with E-state index in [9.17, 15) is 18.0 Å². The Morgan fingerprint density at radius 1 is 1.20 bits per heavy atom. The predicted molar refractivity (Wildman–Crippen MR) is 70.6 cm³/mol. The number of nitrogens with zero attached hydrogens (tertiary/aromatic N) is 1. The van der Waals surface area contributed by atoms with Crippen molar-refractivity contribution >= 4 is 17.5 Å². The average molecular weight is 306 g/mol. The Labute approximate surface area is 120 Å². The Morgan fingerprint density at radius 3 is 2.20 bits per heavy atom. The van der Waals surface area contributed by atoms with Crippen molar-refractivity contribution in [3.63, 3.8) is 0 Å². The third-order valence-corrected chi connectivity index (χ3v) is 3.94. The number of rotatable bonds is 2. The molecule has 1 heterocycles. The van der Waals surface area contributed by atoms with Crippen molar-refractivity contribution < 1.29 is 18.0 Å². The lowest BCUT2D eigenvalue weighted by Gasteiger charge is -2.32. The van der Waals surface area contributed by atoms with Gasteiger partial charge in [0.05, 0.1) is 0 Å². The number of alkyl halides is 4. The minimum Gasteiger partial charge on any atom is -0.335 e. The Morgan fingerprint density at radius 2 is 1.75 bits per heavy atom. The number of benzene rings is 1. The molecular formula is C14H15ClF3NO. The maximum absolute atomic E-state index is 12.3. The summed E-state index contributed by atoms with van der Waals surface area (Å²) in [6.07, 6.45) is -3.65. The minimum absolute atomic E-state index is 0.153. The van der Waals surface area contributed by atoms with E-state index in [2.05, 4.69) is 0 Å². The van der Waals surface area contributed by atoms with Gasteiger partial charge in [0.25, 0.3) is 0 Å². The van der Waals surface area contributed by atoms with Crippen LogP contribution in [0, 0.1) is 0 Å². The molecule has 20 heavy (non-hydrogen) atoms. The van der Waals surface area contributed by atoms with Crippen LogP contribution in [0.5, 0.6) is 0 Å². The standard InChI is InChI=1S/C14H15ClF3NO/c15-9-10-1-3-11(4-2-10)12-5-7-19(8-6-12)13(20)14(16,17)18/h1-4,12H,5-9H2. The van der Waals surface area contributed by atoms with Gasteiger partial charge in [0, 0.05) is 19.0 Å². The molecule has 1 amide bonds. The lowest BCUT2D eigenvalue weighted by atomic mass is 9.89. The van der Waals surface area contributed by atoms with Gasteiger partial charge >= 0.3 is 12.1 Å². The second-order valence-electron chi connectivity index (χ2n) is 4.94. The maximum atomic E-state index is 12.3. The van der Waals surface area contributed by atoms with Crippen molar-refractivity contribution in [1.29, 1.82) is 0 Å². The number of carbonyl (C=O) groups is 1. The van der Waals surface area contributed by atoms with Crippen LogP contribution in [0.2, 0.25) is 0 Å². The average Bonchev–Trinajstić information content (AvgIpc) is 2.46. The first-order chi connectivity index (χ1) is 9.41. The molecule has 0 aromatic heterocycles. The summed E-state index contributed by atoms with van der Waals surface area (Å²) >= 11 is 5.71. The molecule has 1 aromatic rings. The number of likely N-dealkylation sites (tertiary alicyclic amines) is 1. The van der Waals surface area contributed by atoms with Crippen LogP contribution in [0.4, 0.5) is 13.2 Å². The molecule has 1 fully saturated rings. The number of piperidine rings is 1. The van der Waals surface area contributed by atoms with Gasteiger partial charge in [0.1, 0.15) is 0 Å². The van der Waals surface area contributed by atoms with Crippen molar-refractivity contribution in [2.45, 2.75) is 30.8 Å². The van der Waals surface area contributed by atoms with Gasteiger partial charge in [-0.05, 0) is 29.9 Å². The van der Waals surface area contributed by atoms with E-state index in [1.54, 1.807) is 0 Å². The first-order valence-electron chi connectivity index (χ1n) is 6.42. The molecule has 0 spiro atoms. The molecule has 0 N–H and O–H groups in total. The summed E-state index contributed by atoms with van der Waals surface area (Å²) in [5.41, 5.74) is 2.11. The van der Waals surface area contributed by atoms with Crippen molar-refractivity contribution in [2.75, 3.05) is 13.1 Å². The summed E-state index contributed by atoms with van der Waals surface area (Å²) in [6, 6.07) is 7.78. The van der Waals surface area contributed by atoms with E-state index in [0.717, 1.165) is 16.0 Å². The molecule has 110 valence electrons. The van der Waals surface area contributed by atoms with Crippen LogP contribution in [0.25, 0.3) is 0 Å². The van der Waals surface area contributed by atoms with Crippen molar-refractivity contribution in [1.82, 2.24) is 4.90 Å². The van der Waals surface area contributed by atoms with Gasteiger partial charge in [-0.1, -0.05) is 24.3 Å². The second-order valence-corrected chi connectivity index (χ2v) is 5.21. The fourth-order valence-electron chi connectivity index (χ4n) is 2.47. The molecule has 1 aliphatic rings. The number of hydrogen-bond acceptors (Lipinski definition) is 1. The summed E-state index contributed by atoms with van der Waals surface area (Å²) in [4.78, 5) is 12.0. The number of carbonyl (C=O) groups excluding carboxylic acids is 1. The van der Waals surface area contributed by atoms with E-state index in [1.165, 1.54) is 0 Å². The molecule has 6 heteroatoms. The van der Waals surface area contributed by atoms with Crippen LogP contribution in [0.3, 0.4) is 0 Å². The van der Waals surface area contributed by atoms with E-state index in [1.807, 2.05) is 24.3 Å². The highest BCUT2D eigenvalue weighted by Gasteiger charge is 2.43. The molecule has 0 bridgehead atoms. The fourth-order valence-corrected chi connectivity index (χ4v) is 2.65. The Kier molecular flexibility index (Phi) is 4.58. The van der Waals surface area contributed by atoms with Gasteiger partial charge in [-0.3, -0.25) is 4.79 Å². The molecule has 0 radical (unpaired) electrons.